The molecule has 8 heteroatoms. The number of fused-ring (bicyclic) bond motifs is 1. The number of benzene rings is 4. The number of rotatable bonds is 11. The molecule has 0 spiro atoms. The number of para-hydroxylation sites is 1. The monoisotopic (exact) mass is 529 g/mol. The molecule has 0 fully saturated rings. The first-order valence-electron chi connectivity index (χ1n) is 12.3. The Morgan fingerprint density at radius 2 is 1.63 bits per heavy atom. The number of amides is 2. The van der Waals surface area contributed by atoms with Crippen molar-refractivity contribution >= 4 is 46.1 Å². The van der Waals surface area contributed by atoms with Crippen molar-refractivity contribution in [2.75, 3.05) is 11.9 Å². The molecule has 0 radical (unpaired) electrons. The first-order chi connectivity index (χ1) is 18.5. The third-order valence-electron chi connectivity index (χ3n) is 5.66. The summed E-state index contributed by atoms with van der Waals surface area (Å²) in [4.78, 5) is 24.2. The summed E-state index contributed by atoms with van der Waals surface area (Å²) in [6, 6.07) is 26.7. The quantitative estimate of drug-likeness (QED) is 0.175. The number of hydrazone groups is 1. The summed E-state index contributed by atoms with van der Waals surface area (Å²) in [5.74, 6) is 0.512. The molecule has 0 bridgehead atoms. The molecule has 194 valence electrons. The van der Waals surface area contributed by atoms with Crippen LogP contribution in [0.4, 0.5) is 5.69 Å². The van der Waals surface area contributed by atoms with Crippen molar-refractivity contribution in [3.8, 4) is 11.5 Å². The molecular formula is C30H28ClN3O4. The van der Waals surface area contributed by atoms with Crippen LogP contribution in [0.1, 0.15) is 30.9 Å². The fourth-order valence-corrected chi connectivity index (χ4v) is 3.99. The van der Waals surface area contributed by atoms with Gasteiger partial charge in [0.25, 0.3) is 0 Å². The van der Waals surface area contributed by atoms with Crippen molar-refractivity contribution in [1.29, 1.82) is 0 Å². The standard InChI is InChI=1S/C30H28ClN3O4/c1-2-37-28-18-21(14-15-27(28)38-20-23-10-7-9-22-8-3-4-11-24(22)23)19-32-34-30(36)17-16-29(35)33-26-13-6-5-12-25(26)31/h3-15,18-19H,2,16-17,20H2,1H3,(H,33,35)(H,34,36). The first kappa shape index (κ1) is 26.7. The van der Waals surface area contributed by atoms with Gasteiger partial charge in [-0.3, -0.25) is 9.59 Å². The molecule has 0 heterocycles. The topological polar surface area (TPSA) is 89.0 Å². The minimum Gasteiger partial charge on any atom is -0.490 e. The number of carbonyl (C=O) groups excluding carboxylic acids is 2. The molecule has 2 amide bonds. The van der Waals surface area contributed by atoms with Crippen LogP contribution in [-0.4, -0.2) is 24.6 Å². The minimum atomic E-state index is -0.379. The Morgan fingerprint density at radius 1 is 0.868 bits per heavy atom. The summed E-state index contributed by atoms with van der Waals surface area (Å²) in [6.45, 7) is 2.77. The van der Waals surface area contributed by atoms with Crippen molar-refractivity contribution in [2.45, 2.75) is 26.4 Å². The van der Waals surface area contributed by atoms with E-state index in [9.17, 15) is 9.59 Å². The van der Waals surface area contributed by atoms with Crippen molar-refractivity contribution < 1.29 is 19.1 Å². The zero-order valence-electron chi connectivity index (χ0n) is 20.9. The number of ether oxygens (including phenoxy) is 2. The van der Waals surface area contributed by atoms with Crippen LogP contribution in [0, 0.1) is 0 Å². The lowest BCUT2D eigenvalue weighted by Crippen LogP contribution is -2.20. The van der Waals surface area contributed by atoms with Crippen LogP contribution in [0.15, 0.2) is 90.0 Å². The highest BCUT2D eigenvalue weighted by atomic mass is 35.5. The summed E-state index contributed by atoms with van der Waals surface area (Å²) >= 11 is 6.04. The van der Waals surface area contributed by atoms with Gasteiger partial charge in [0.1, 0.15) is 6.61 Å². The molecule has 2 N–H and O–H groups in total. The Kier molecular flexibility index (Phi) is 9.32. The summed E-state index contributed by atoms with van der Waals surface area (Å²) in [5.41, 5.74) is 4.76. The largest absolute Gasteiger partial charge is 0.490 e. The Balaban J connectivity index is 1.31. The maximum absolute atomic E-state index is 12.1. The fourth-order valence-electron chi connectivity index (χ4n) is 3.80. The molecule has 0 atom stereocenters. The summed E-state index contributed by atoms with van der Waals surface area (Å²) < 4.78 is 11.9. The van der Waals surface area contributed by atoms with E-state index in [4.69, 9.17) is 21.1 Å². The number of hydrogen-bond donors (Lipinski definition) is 2. The molecule has 0 unspecified atom stereocenters. The van der Waals surface area contributed by atoms with Gasteiger partial charge in [0.05, 0.1) is 23.5 Å². The van der Waals surface area contributed by atoms with Crippen LogP contribution in [0.3, 0.4) is 0 Å². The summed E-state index contributed by atoms with van der Waals surface area (Å²) in [7, 11) is 0. The number of nitrogens with zero attached hydrogens (tertiary/aromatic N) is 1. The molecule has 0 aliphatic heterocycles. The van der Waals surface area contributed by atoms with Gasteiger partial charge < -0.3 is 14.8 Å². The Hall–Kier alpha value is -4.36. The maximum Gasteiger partial charge on any atom is 0.240 e. The molecule has 4 aromatic carbocycles. The second-order valence-corrected chi connectivity index (χ2v) is 8.79. The predicted octanol–water partition coefficient (Wildman–Crippen LogP) is 6.34. The number of carbonyl (C=O) groups is 2. The highest BCUT2D eigenvalue weighted by Gasteiger charge is 2.10. The van der Waals surface area contributed by atoms with Gasteiger partial charge in [-0.15, -0.1) is 0 Å². The molecule has 4 rings (SSSR count). The zero-order chi connectivity index (χ0) is 26.7. The van der Waals surface area contributed by atoms with Crippen LogP contribution in [0.25, 0.3) is 10.8 Å². The lowest BCUT2D eigenvalue weighted by molar-refractivity contribution is -0.124. The second kappa shape index (κ2) is 13.3. The fraction of sp³-hybridized carbons (Fsp3) is 0.167. The van der Waals surface area contributed by atoms with Crippen LogP contribution < -0.4 is 20.2 Å². The molecule has 4 aromatic rings. The summed E-state index contributed by atoms with van der Waals surface area (Å²) in [5, 5.41) is 9.43. The average molecular weight is 530 g/mol. The van der Waals surface area contributed by atoms with Gasteiger partial charge in [0.15, 0.2) is 11.5 Å². The molecule has 7 nitrogen and oxygen atoms in total. The number of halogens is 1. The number of nitrogens with one attached hydrogen (secondary N) is 2. The Morgan fingerprint density at radius 3 is 2.47 bits per heavy atom. The van der Waals surface area contributed by atoms with Crippen molar-refractivity contribution in [3.05, 3.63) is 101 Å². The van der Waals surface area contributed by atoms with E-state index in [1.807, 2.05) is 43.3 Å². The zero-order valence-corrected chi connectivity index (χ0v) is 21.7. The molecule has 38 heavy (non-hydrogen) atoms. The first-order valence-corrected chi connectivity index (χ1v) is 12.6. The van der Waals surface area contributed by atoms with Gasteiger partial charge in [0, 0.05) is 12.8 Å². The predicted molar refractivity (Wildman–Crippen MR) is 151 cm³/mol. The Labute approximate surface area is 226 Å². The highest BCUT2D eigenvalue weighted by Crippen LogP contribution is 2.30. The van der Waals surface area contributed by atoms with E-state index in [0.717, 1.165) is 21.9 Å². The van der Waals surface area contributed by atoms with Gasteiger partial charge in [-0.25, -0.2) is 5.43 Å². The van der Waals surface area contributed by atoms with E-state index in [1.54, 1.807) is 30.3 Å². The third kappa shape index (κ3) is 7.33. The van der Waals surface area contributed by atoms with Crippen LogP contribution in [-0.2, 0) is 16.2 Å². The van der Waals surface area contributed by atoms with Crippen LogP contribution >= 0.6 is 11.6 Å². The van der Waals surface area contributed by atoms with Gasteiger partial charge >= 0.3 is 0 Å². The van der Waals surface area contributed by atoms with E-state index in [1.165, 1.54) is 6.21 Å². The van der Waals surface area contributed by atoms with Gasteiger partial charge in [-0.2, -0.15) is 5.10 Å². The lowest BCUT2D eigenvalue weighted by Gasteiger charge is -2.13. The third-order valence-corrected chi connectivity index (χ3v) is 5.99. The molecule has 0 aromatic heterocycles. The van der Waals surface area contributed by atoms with Gasteiger partial charge in [-0.1, -0.05) is 66.2 Å². The lowest BCUT2D eigenvalue weighted by atomic mass is 10.1. The minimum absolute atomic E-state index is 0.00377. The van der Waals surface area contributed by atoms with E-state index in [0.29, 0.717) is 35.4 Å². The number of hydrogen-bond acceptors (Lipinski definition) is 5. The maximum atomic E-state index is 12.1. The van der Waals surface area contributed by atoms with Crippen LogP contribution in [0.2, 0.25) is 5.02 Å². The molecular weight excluding hydrogens is 502 g/mol. The molecule has 0 saturated heterocycles. The van der Waals surface area contributed by atoms with Gasteiger partial charge in [0.2, 0.25) is 11.8 Å². The molecule has 0 saturated carbocycles. The van der Waals surface area contributed by atoms with Crippen LogP contribution in [0.5, 0.6) is 11.5 Å². The average Bonchev–Trinajstić information content (AvgIpc) is 2.93. The Bertz CT molecular complexity index is 1450. The highest BCUT2D eigenvalue weighted by molar-refractivity contribution is 6.33. The van der Waals surface area contributed by atoms with E-state index in [-0.39, 0.29) is 24.7 Å². The van der Waals surface area contributed by atoms with E-state index >= 15 is 0 Å². The van der Waals surface area contributed by atoms with Crippen molar-refractivity contribution in [2.24, 2.45) is 5.10 Å². The second-order valence-electron chi connectivity index (χ2n) is 8.39. The SMILES string of the molecule is CCOc1cc(C=NNC(=O)CCC(=O)Nc2ccccc2Cl)ccc1OCc1cccc2ccccc12. The molecule has 0 aliphatic carbocycles. The normalized spacial score (nSPS) is 10.9. The van der Waals surface area contributed by atoms with Crippen molar-refractivity contribution in [3.63, 3.8) is 0 Å². The summed E-state index contributed by atoms with van der Waals surface area (Å²) in [6.07, 6.45) is 1.50. The van der Waals surface area contributed by atoms with Gasteiger partial charge in [-0.05, 0) is 59.2 Å². The van der Waals surface area contributed by atoms with E-state index in [2.05, 4.69) is 34.0 Å². The van der Waals surface area contributed by atoms with Crippen molar-refractivity contribution in [1.82, 2.24) is 5.43 Å². The van der Waals surface area contributed by atoms with E-state index < -0.39 is 0 Å². The number of anilines is 1. The molecule has 0 aliphatic rings. The smallest absolute Gasteiger partial charge is 0.240 e.